The Morgan fingerprint density at radius 3 is 2.10 bits per heavy atom. The summed E-state index contributed by atoms with van der Waals surface area (Å²) in [7, 11) is -4.02. The van der Waals surface area contributed by atoms with Crippen LogP contribution in [0.1, 0.15) is 15.9 Å². The molecule has 0 aromatic heterocycles. The minimum absolute atomic E-state index is 0.00461. The molecular weight excluding hydrogens is 436 g/mol. The van der Waals surface area contributed by atoms with Gasteiger partial charge in [0.15, 0.2) is 0 Å². The first-order valence-corrected chi connectivity index (χ1v) is 10.2. The molecule has 29 heavy (non-hydrogen) atoms. The number of hydrogen-bond donors (Lipinski definition) is 0. The predicted molar refractivity (Wildman–Crippen MR) is 97.5 cm³/mol. The molecule has 0 spiro atoms. The number of carbonyl (C=O) groups excluding carboxylic acids is 1. The molecule has 0 unspecified atom stereocenters. The summed E-state index contributed by atoms with van der Waals surface area (Å²) in [5.41, 5.74) is -1.16. The largest absolute Gasteiger partial charge is 0.416 e. The molecule has 0 bridgehead atoms. The molecule has 1 aliphatic rings. The van der Waals surface area contributed by atoms with E-state index in [0.717, 1.165) is 22.5 Å². The molecule has 11 heteroatoms. The molecule has 1 amide bonds. The monoisotopic (exact) mass is 450 g/mol. The number of carbonyl (C=O) groups is 1. The zero-order valence-electron chi connectivity index (χ0n) is 14.8. The van der Waals surface area contributed by atoms with Gasteiger partial charge in [0, 0.05) is 31.2 Å². The molecular formula is C18H15ClF4N2O3S. The van der Waals surface area contributed by atoms with Crippen LogP contribution in [0.15, 0.2) is 47.4 Å². The van der Waals surface area contributed by atoms with E-state index in [4.69, 9.17) is 11.6 Å². The van der Waals surface area contributed by atoms with Crippen molar-refractivity contribution in [2.45, 2.75) is 11.1 Å². The van der Waals surface area contributed by atoms with Crippen LogP contribution in [-0.2, 0) is 16.2 Å². The average Bonchev–Trinajstić information content (AvgIpc) is 2.69. The Balaban J connectivity index is 1.71. The Hall–Kier alpha value is -2.17. The summed E-state index contributed by atoms with van der Waals surface area (Å²) < 4.78 is 78.2. The van der Waals surface area contributed by atoms with E-state index in [9.17, 15) is 30.8 Å². The van der Waals surface area contributed by atoms with Crippen LogP contribution in [0, 0.1) is 5.82 Å². The number of alkyl halides is 3. The average molecular weight is 451 g/mol. The molecule has 0 N–H and O–H groups in total. The minimum Gasteiger partial charge on any atom is -0.336 e. The third-order valence-electron chi connectivity index (χ3n) is 4.50. The first-order valence-electron chi connectivity index (χ1n) is 8.42. The second-order valence-electron chi connectivity index (χ2n) is 6.34. The van der Waals surface area contributed by atoms with Crippen LogP contribution >= 0.6 is 11.6 Å². The number of amides is 1. The van der Waals surface area contributed by atoms with Crippen molar-refractivity contribution in [3.05, 3.63) is 64.4 Å². The summed E-state index contributed by atoms with van der Waals surface area (Å²) in [5, 5.41) is 0.193. The highest BCUT2D eigenvalue weighted by atomic mass is 35.5. The first-order chi connectivity index (χ1) is 13.5. The lowest BCUT2D eigenvalue weighted by molar-refractivity contribution is -0.137. The second kappa shape index (κ2) is 7.92. The minimum atomic E-state index is -4.57. The van der Waals surface area contributed by atoms with E-state index in [1.165, 1.54) is 17.0 Å². The number of rotatable bonds is 3. The standard InChI is InChI=1S/C18H15ClF4N2O3S/c19-13-3-6-16(20)15(11-13)17(26)24-7-9-25(10-8-24)29(27,28)14-4-1-12(2-5-14)18(21,22)23/h1-6,11H,7-10H2. The van der Waals surface area contributed by atoms with Gasteiger partial charge < -0.3 is 4.90 Å². The first kappa shape index (κ1) is 21.5. The maximum atomic E-state index is 13.9. The fourth-order valence-electron chi connectivity index (χ4n) is 2.93. The number of sulfonamides is 1. The van der Waals surface area contributed by atoms with Gasteiger partial charge in [-0.15, -0.1) is 0 Å². The van der Waals surface area contributed by atoms with Gasteiger partial charge in [0.2, 0.25) is 10.0 Å². The van der Waals surface area contributed by atoms with Gasteiger partial charge in [-0.3, -0.25) is 4.79 Å². The number of hydrogen-bond acceptors (Lipinski definition) is 3. The fourth-order valence-corrected chi connectivity index (χ4v) is 4.52. The normalized spacial score (nSPS) is 16.1. The molecule has 3 rings (SSSR count). The van der Waals surface area contributed by atoms with Gasteiger partial charge in [0.05, 0.1) is 16.0 Å². The highest BCUT2D eigenvalue weighted by molar-refractivity contribution is 7.89. The summed E-state index contributed by atoms with van der Waals surface area (Å²) in [6.07, 6.45) is -4.57. The van der Waals surface area contributed by atoms with Gasteiger partial charge in [-0.2, -0.15) is 17.5 Å². The predicted octanol–water partition coefficient (Wildman–Crippen LogP) is 3.64. The lowest BCUT2D eigenvalue weighted by Crippen LogP contribution is -2.50. The van der Waals surface area contributed by atoms with Gasteiger partial charge >= 0.3 is 6.18 Å². The molecule has 1 aliphatic heterocycles. The summed E-state index contributed by atoms with van der Waals surface area (Å²) in [4.78, 5) is 13.5. The van der Waals surface area contributed by atoms with Crippen LogP contribution in [0.5, 0.6) is 0 Å². The fraction of sp³-hybridized carbons (Fsp3) is 0.278. The molecule has 1 saturated heterocycles. The van der Waals surface area contributed by atoms with Crippen molar-refractivity contribution in [1.29, 1.82) is 0 Å². The molecule has 5 nitrogen and oxygen atoms in total. The third-order valence-corrected chi connectivity index (χ3v) is 6.65. The second-order valence-corrected chi connectivity index (χ2v) is 8.72. The Bertz CT molecular complexity index is 1020. The summed E-state index contributed by atoms with van der Waals surface area (Å²) >= 11 is 5.79. The van der Waals surface area contributed by atoms with Gasteiger partial charge in [0.1, 0.15) is 5.82 Å². The Morgan fingerprint density at radius 1 is 0.966 bits per heavy atom. The van der Waals surface area contributed by atoms with Crippen molar-refractivity contribution >= 4 is 27.5 Å². The molecule has 2 aromatic rings. The Kier molecular flexibility index (Phi) is 5.88. The van der Waals surface area contributed by atoms with Crippen molar-refractivity contribution < 1.29 is 30.8 Å². The zero-order chi connectivity index (χ0) is 21.4. The summed E-state index contributed by atoms with van der Waals surface area (Å²) in [6, 6.07) is 6.78. The molecule has 0 aliphatic carbocycles. The Morgan fingerprint density at radius 2 is 1.55 bits per heavy atom. The van der Waals surface area contributed by atoms with Crippen LogP contribution in [-0.4, -0.2) is 49.7 Å². The van der Waals surface area contributed by atoms with Crippen LogP contribution < -0.4 is 0 Å². The van der Waals surface area contributed by atoms with Crippen molar-refractivity contribution in [3.8, 4) is 0 Å². The van der Waals surface area contributed by atoms with Crippen molar-refractivity contribution in [3.63, 3.8) is 0 Å². The molecule has 1 heterocycles. The molecule has 156 valence electrons. The van der Waals surface area contributed by atoms with Gasteiger partial charge in [0.25, 0.3) is 5.91 Å². The van der Waals surface area contributed by atoms with E-state index < -0.39 is 33.5 Å². The number of benzene rings is 2. The maximum absolute atomic E-state index is 13.9. The van der Waals surface area contributed by atoms with E-state index in [1.54, 1.807) is 0 Å². The molecule has 0 radical (unpaired) electrons. The van der Waals surface area contributed by atoms with Crippen LogP contribution in [0.2, 0.25) is 5.02 Å². The smallest absolute Gasteiger partial charge is 0.336 e. The van der Waals surface area contributed by atoms with Crippen molar-refractivity contribution in [2.24, 2.45) is 0 Å². The lowest BCUT2D eigenvalue weighted by atomic mass is 10.1. The highest BCUT2D eigenvalue weighted by Gasteiger charge is 2.33. The SMILES string of the molecule is O=C(c1cc(Cl)ccc1F)N1CCN(S(=O)(=O)c2ccc(C(F)(F)F)cc2)CC1. The Labute approximate surface area is 169 Å². The molecule has 0 saturated carbocycles. The van der Waals surface area contributed by atoms with E-state index in [2.05, 4.69) is 0 Å². The summed E-state index contributed by atoms with van der Waals surface area (Å²) in [5.74, 6) is -1.35. The number of piperazine rings is 1. The van der Waals surface area contributed by atoms with Gasteiger partial charge in [-0.05, 0) is 42.5 Å². The van der Waals surface area contributed by atoms with Crippen LogP contribution in [0.3, 0.4) is 0 Å². The van der Waals surface area contributed by atoms with Gasteiger partial charge in [-0.25, -0.2) is 12.8 Å². The number of halogens is 5. The quantitative estimate of drug-likeness (QED) is 0.671. The van der Waals surface area contributed by atoms with E-state index >= 15 is 0 Å². The molecule has 1 fully saturated rings. The molecule has 2 aromatic carbocycles. The lowest BCUT2D eigenvalue weighted by Gasteiger charge is -2.34. The van der Waals surface area contributed by atoms with E-state index in [0.29, 0.717) is 12.1 Å². The highest BCUT2D eigenvalue weighted by Crippen LogP contribution is 2.30. The van der Waals surface area contributed by atoms with Gasteiger partial charge in [-0.1, -0.05) is 11.6 Å². The molecule has 0 atom stereocenters. The van der Waals surface area contributed by atoms with Crippen molar-refractivity contribution in [2.75, 3.05) is 26.2 Å². The summed E-state index contributed by atoms with van der Waals surface area (Å²) in [6.45, 7) is -0.135. The van der Waals surface area contributed by atoms with E-state index in [1.807, 2.05) is 0 Å². The number of nitrogens with zero attached hydrogens (tertiary/aromatic N) is 2. The van der Waals surface area contributed by atoms with Crippen molar-refractivity contribution in [1.82, 2.24) is 9.21 Å². The topological polar surface area (TPSA) is 57.7 Å². The van der Waals surface area contributed by atoms with Crippen LogP contribution in [0.25, 0.3) is 0 Å². The maximum Gasteiger partial charge on any atom is 0.416 e. The van der Waals surface area contributed by atoms with Crippen LogP contribution in [0.4, 0.5) is 17.6 Å². The third kappa shape index (κ3) is 4.54. The van der Waals surface area contributed by atoms with E-state index in [-0.39, 0.29) is 41.7 Å². The zero-order valence-corrected chi connectivity index (χ0v) is 16.4.